The van der Waals surface area contributed by atoms with Crippen LogP contribution in [0.3, 0.4) is 0 Å². The Hall–Kier alpha value is -3.10. The van der Waals surface area contributed by atoms with E-state index < -0.39 is 0 Å². The first kappa shape index (κ1) is 29.5. The summed E-state index contributed by atoms with van der Waals surface area (Å²) in [4.78, 5) is 8.81. The average Bonchev–Trinajstić information content (AvgIpc) is 2.86. The molecule has 0 fully saturated rings. The van der Waals surface area contributed by atoms with Crippen LogP contribution in [0.5, 0.6) is 17.2 Å². The van der Waals surface area contributed by atoms with Crippen LogP contribution in [-0.2, 0) is 26.2 Å². The summed E-state index contributed by atoms with van der Waals surface area (Å²) < 4.78 is 0. The second kappa shape index (κ2) is 14.2. The van der Waals surface area contributed by atoms with Crippen LogP contribution in [0.2, 0.25) is 0 Å². The Morgan fingerprint density at radius 1 is 0.526 bits per heavy atom. The minimum atomic E-state index is 0.289. The van der Waals surface area contributed by atoms with Gasteiger partial charge in [-0.05, 0) is 47.2 Å². The summed E-state index contributed by atoms with van der Waals surface area (Å²) in [7, 11) is 8.20. The fraction of sp³-hybridized carbons (Fsp3) is 0.419. The highest BCUT2D eigenvalue weighted by atomic mass is 16.3. The first-order chi connectivity index (χ1) is 18.1. The summed E-state index contributed by atoms with van der Waals surface area (Å²) in [6.07, 6.45) is 0. The van der Waals surface area contributed by atoms with E-state index >= 15 is 0 Å². The van der Waals surface area contributed by atoms with Gasteiger partial charge in [-0.2, -0.15) is 0 Å². The van der Waals surface area contributed by atoms with Gasteiger partial charge in [-0.15, -0.1) is 0 Å². The zero-order valence-corrected chi connectivity index (χ0v) is 23.6. The number of benzene rings is 3. The highest BCUT2D eigenvalue weighted by Crippen LogP contribution is 2.29. The second-order valence-corrected chi connectivity index (χ2v) is 10.7. The van der Waals surface area contributed by atoms with E-state index in [1.165, 1.54) is 0 Å². The molecule has 0 aromatic heterocycles. The summed E-state index contributed by atoms with van der Waals surface area (Å²) >= 11 is 0. The van der Waals surface area contributed by atoms with Gasteiger partial charge in [-0.25, -0.2) is 0 Å². The lowest BCUT2D eigenvalue weighted by atomic mass is 10.0. The van der Waals surface area contributed by atoms with Crippen molar-refractivity contribution in [1.82, 2.24) is 19.6 Å². The molecule has 7 heteroatoms. The first-order valence-corrected chi connectivity index (χ1v) is 13.2. The van der Waals surface area contributed by atoms with E-state index in [1.807, 2.05) is 64.6 Å². The van der Waals surface area contributed by atoms with Gasteiger partial charge in [0.05, 0.1) is 0 Å². The molecule has 0 heterocycles. The van der Waals surface area contributed by atoms with Crippen molar-refractivity contribution in [3.05, 3.63) is 88.5 Å². The Morgan fingerprint density at radius 3 is 1.26 bits per heavy atom. The van der Waals surface area contributed by atoms with Crippen LogP contribution in [0.25, 0.3) is 0 Å². The van der Waals surface area contributed by atoms with E-state index in [1.54, 1.807) is 12.1 Å². The van der Waals surface area contributed by atoms with E-state index in [4.69, 9.17) is 0 Å². The van der Waals surface area contributed by atoms with E-state index in [0.717, 1.165) is 54.0 Å². The third kappa shape index (κ3) is 9.03. The van der Waals surface area contributed by atoms with Crippen molar-refractivity contribution in [2.24, 2.45) is 0 Å². The zero-order valence-electron chi connectivity index (χ0n) is 23.6. The van der Waals surface area contributed by atoms with Gasteiger partial charge in [0, 0.05) is 74.6 Å². The summed E-state index contributed by atoms with van der Waals surface area (Å²) in [5.74, 6) is 0.893. The maximum absolute atomic E-state index is 11.4. The highest BCUT2D eigenvalue weighted by Gasteiger charge is 2.18. The molecule has 0 atom stereocenters. The Kier molecular flexibility index (Phi) is 11.0. The number of phenols is 3. The van der Waals surface area contributed by atoms with Crippen LogP contribution >= 0.6 is 0 Å². The number of para-hydroxylation sites is 2. The smallest absolute Gasteiger partial charge is 0.124 e. The number of aryl methyl sites for hydroxylation is 1. The SMILES string of the molecule is Cc1cc(CN(CCN(C)C)Cc2ccccc2O)c(O)c(CN(CCN(C)C)Cc2ccccc2O)c1. The normalized spacial score (nSPS) is 11.8. The maximum atomic E-state index is 11.4. The Labute approximate surface area is 228 Å². The first-order valence-electron chi connectivity index (χ1n) is 13.2. The summed E-state index contributed by atoms with van der Waals surface area (Å²) in [5, 5.41) is 32.2. The van der Waals surface area contributed by atoms with Crippen LogP contribution in [-0.4, -0.2) is 89.3 Å². The molecule has 0 bridgehead atoms. The highest BCUT2D eigenvalue weighted by molar-refractivity contribution is 5.44. The van der Waals surface area contributed by atoms with Gasteiger partial charge in [-0.3, -0.25) is 9.80 Å². The van der Waals surface area contributed by atoms with Crippen LogP contribution in [0.4, 0.5) is 0 Å². The van der Waals surface area contributed by atoms with Crippen LogP contribution in [0.15, 0.2) is 60.7 Å². The molecule has 7 nitrogen and oxygen atoms in total. The van der Waals surface area contributed by atoms with E-state index in [9.17, 15) is 15.3 Å². The number of rotatable bonds is 14. The molecule has 38 heavy (non-hydrogen) atoms. The molecular formula is C31H44N4O3. The Morgan fingerprint density at radius 2 is 0.895 bits per heavy atom. The molecule has 0 saturated heterocycles. The lowest BCUT2D eigenvalue weighted by molar-refractivity contribution is 0.216. The van der Waals surface area contributed by atoms with Crippen LogP contribution < -0.4 is 0 Å². The predicted molar refractivity (Wildman–Crippen MR) is 154 cm³/mol. The van der Waals surface area contributed by atoms with Crippen molar-refractivity contribution < 1.29 is 15.3 Å². The van der Waals surface area contributed by atoms with E-state index in [-0.39, 0.29) is 11.5 Å². The molecule has 0 spiro atoms. The van der Waals surface area contributed by atoms with Crippen molar-refractivity contribution in [2.45, 2.75) is 33.1 Å². The van der Waals surface area contributed by atoms with Gasteiger partial charge in [0.25, 0.3) is 0 Å². The minimum absolute atomic E-state index is 0.289. The molecule has 0 saturated carbocycles. The fourth-order valence-electron chi connectivity index (χ4n) is 4.54. The van der Waals surface area contributed by atoms with E-state index in [2.05, 4.69) is 38.7 Å². The molecular weight excluding hydrogens is 476 g/mol. The number of hydrogen-bond acceptors (Lipinski definition) is 7. The molecule has 0 radical (unpaired) electrons. The molecule has 0 aliphatic rings. The largest absolute Gasteiger partial charge is 0.508 e. The quantitative estimate of drug-likeness (QED) is 0.294. The standard InChI is InChI=1S/C31H44N4O3/c1-24-18-27(22-34(16-14-32(2)3)20-25-10-6-8-12-29(25)36)31(38)28(19-24)23-35(17-15-33(4)5)21-26-11-7-9-13-30(26)37/h6-13,18-19,36-38H,14-17,20-23H2,1-5H3. The second-order valence-electron chi connectivity index (χ2n) is 10.7. The predicted octanol–water partition coefficient (Wildman–Crippen LogP) is 4.24. The number of phenolic OH excluding ortho intramolecular Hbond substituents is 3. The third-order valence-corrected chi connectivity index (χ3v) is 6.70. The number of hydrogen-bond donors (Lipinski definition) is 3. The van der Waals surface area contributed by atoms with Gasteiger partial charge in [0.1, 0.15) is 17.2 Å². The van der Waals surface area contributed by atoms with Crippen LogP contribution in [0.1, 0.15) is 27.8 Å². The van der Waals surface area contributed by atoms with E-state index in [0.29, 0.717) is 31.9 Å². The lowest BCUT2D eigenvalue weighted by Crippen LogP contribution is -2.32. The van der Waals surface area contributed by atoms with Crippen molar-refractivity contribution in [1.29, 1.82) is 0 Å². The number of likely N-dealkylation sites (N-methyl/N-ethyl adjacent to an activating group) is 2. The van der Waals surface area contributed by atoms with Crippen molar-refractivity contribution in [3.63, 3.8) is 0 Å². The summed E-state index contributed by atoms with van der Waals surface area (Å²) in [6, 6.07) is 19.0. The minimum Gasteiger partial charge on any atom is -0.508 e. The molecule has 0 unspecified atom stereocenters. The number of nitrogens with zero attached hydrogens (tertiary/aromatic N) is 4. The lowest BCUT2D eigenvalue weighted by Gasteiger charge is -2.27. The monoisotopic (exact) mass is 520 g/mol. The zero-order chi connectivity index (χ0) is 27.7. The molecule has 3 rings (SSSR count). The van der Waals surface area contributed by atoms with Gasteiger partial charge in [0.2, 0.25) is 0 Å². The Bertz CT molecular complexity index is 1080. The summed E-state index contributed by atoms with van der Waals surface area (Å²) in [5.41, 5.74) is 4.60. The molecule has 206 valence electrons. The van der Waals surface area contributed by atoms with Crippen molar-refractivity contribution in [2.75, 3.05) is 54.4 Å². The Balaban J connectivity index is 1.85. The maximum Gasteiger partial charge on any atom is 0.124 e. The van der Waals surface area contributed by atoms with Gasteiger partial charge < -0.3 is 25.1 Å². The average molecular weight is 521 g/mol. The molecule has 3 aromatic rings. The molecule has 0 aliphatic heterocycles. The van der Waals surface area contributed by atoms with Gasteiger partial charge in [0.15, 0.2) is 0 Å². The fourth-order valence-corrected chi connectivity index (χ4v) is 4.54. The molecule has 0 amide bonds. The topological polar surface area (TPSA) is 73.7 Å². The summed E-state index contributed by atoms with van der Waals surface area (Å²) in [6.45, 7) is 7.71. The van der Waals surface area contributed by atoms with Crippen LogP contribution in [0, 0.1) is 6.92 Å². The third-order valence-electron chi connectivity index (χ3n) is 6.70. The molecule has 0 aliphatic carbocycles. The molecule has 3 N–H and O–H groups in total. The molecule has 3 aromatic carbocycles. The van der Waals surface area contributed by atoms with Crippen molar-refractivity contribution >= 4 is 0 Å². The van der Waals surface area contributed by atoms with Gasteiger partial charge in [-0.1, -0.05) is 54.1 Å². The van der Waals surface area contributed by atoms with Crippen molar-refractivity contribution in [3.8, 4) is 17.2 Å². The number of aromatic hydroxyl groups is 3. The van der Waals surface area contributed by atoms with Gasteiger partial charge >= 0.3 is 0 Å².